The second kappa shape index (κ2) is 6.79. The molecule has 1 heterocycles. The number of fused-ring (bicyclic) bond motifs is 1. The number of hydrogen-bond acceptors (Lipinski definition) is 4. The Labute approximate surface area is 146 Å². The summed E-state index contributed by atoms with van der Waals surface area (Å²) in [4.78, 5) is 29.7. The van der Waals surface area contributed by atoms with Crippen LogP contribution in [0.4, 0.5) is 0 Å². The van der Waals surface area contributed by atoms with Crippen LogP contribution in [0.1, 0.15) is 26.3 Å². The molecule has 0 aliphatic carbocycles. The topological polar surface area (TPSA) is 70.4 Å². The van der Waals surface area contributed by atoms with E-state index in [-0.39, 0.29) is 6.61 Å². The van der Waals surface area contributed by atoms with Gasteiger partial charge in [0.05, 0.1) is 22.8 Å². The second-order valence-corrected chi connectivity index (χ2v) is 5.98. The highest BCUT2D eigenvalue weighted by Crippen LogP contribution is 2.23. The Morgan fingerprint density at radius 1 is 1.12 bits per heavy atom. The minimum absolute atomic E-state index is 0.172. The fourth-order valence-corrected chi connectivity index (χ4v) is 2.74. The molecule has 0 saturated heterocycles. The Balaban J connectivity index is 1.75. The van der Waals surface area contributed by atoms with Crippen molar-refractivity contribution in [3.05, 3.63) is 75.3 Å². The lowest BCUT2D eigenvalue weighted by Crippen LogP contribution is -2.30. The van der Waals surface area contributed by atoms with E-state index in [0.29, 0.717) is 21.8 Å². The van der Waals surface area contributed by atoms with E-state index in [1.165, 1.54) is 0 Å². The number of amides is 2. The van der Waals surface area contributed by atoms with Crippen molar-refractivity contribution in [3.63, 3.8) is 0 Å². The first-order valence-corrected chi connectivity index (χ1v) is 7.86. The van der Waals surface area contributed by atoms with Crippen molar-refractivity contribution in [1.29, 1.82) is 5.26 Å². The van der Waals surface area contributed by atoms with E-state index in [2.05, 4.69) is 15.9 Å². The lowest BCUT2D eigenvalue weighted by Gasteiger charge is -2.12. The Morgan fingerprint density at radius 2 is 1.79 bits per heavy atom. The highest BCUT2D eigenvalue weighted by atomic mass is 79.9. The highest BCUT2D eigenvalue weighted by Gasteiger charge is 2.36. The quantitative estimate of drug-likeness (QED) is 0.598. The standard InChI is InChI=1S/C18H11BrN2O3/c19-14-5-3-4-12(9-14)8-13(10-20)11-24-21-17(22)15-6-1-2-7-16(15)18(21)23/h1-9H,11H2/b13-8+. The molecule has 2 aromatic rings. The molecule has 1 aliphatic heterocycles. The smallest absolute Gasteiger partial charge is 0.266 e. The SMILES string of the molecule is N#C/C(=C\c1cccc(Br)c1)CON1C(=O)c2ccccc2C1=O. The molecule has 0 N–H and O–H groups in total. The maximum Gasteiger partial charge on any atom is 0.285 e. The van der Waals surface area contributed by atoms with E-state index < -0.39 is 11.8 Å². The predicted molar refractivity (Wildman–Crippen MR) is 90.6 cm³/mol. The summed E-state index contributed by atoms with van der Waals surface area (Å²) in [6.07, 6.45) is 1.64. The number of hydroxylamine groups is 2. The molecule has 2 aromatic carbocycles. The van der Waals surface area contributed by atoms with Crippen molar-refractivity contribution >= 4 is 33.8 Å². The molecular formula is C18H11BrN2O3. The first kappa shape index (κ1) is 16.1. The molecular weight excluding hydrogens is 372 g/mol. The van der Waals surface area contributed by atoms with Crippen LogP contribution in [0.3, 0.4) is 0 Å². The monoisotopic (exact) mass is 382 g/mol. The van der Waals surface area contributed by atoms with Gasteiger partial charge in [-0.15, -0.1) is 5.06 Å². The van der Waals surface area contributed by atoms with Gasteiger partial charge in [0.2, 0.25) is 0 Å². The van der Waals surface area contributed by atoms with E-state index in [1.807, 2.05) is 30.3 Å². The molecule has 1 aliphatic rings. The fourth-order valence-electron chi connectivity index (χ4n) is 2.32. The maximum atomic E-state index is 12.2. The van der Waals surface area contributed by atoms with Crippen LogP contribution in [-0.2, 0) is 4.84 Å². The fraction of sp³-hybridized carbons (Fsp3) is 0.0556. The number of benzene rings is 2. The normalized spacial score (nSPS) is 13.8. The number of carbonyl (C=O) groups excluding carboxylic acids is 2. The zero-order chi connectivity index (χ0) is 17.1. The van der Waals surface area contributed by atoms with Gasteiger partial charge in [-0.3, -0.25) is 14.4 Å². The van der Waals surface area contributed by atoms with E-state index in [4.69, 9.17) is 4.84 Å². The third-order valence-corrected chi connectivity index (χ3v) is 3.93. The summed E-state index contributed by atoms with van der Waals surface area (Å²) in [5.74, 6) is -1.04. The third kappa shape index (κ3) is 3.13. The summed E-state index contributed by atoms with van der Waals surface area (Å²) < 4.78 is 0.884. The zero-order valence-electron chi connectivity index (χ0n) is 12.4. The molecule has 24 heavy (non-hydrogen) atoms. The van der Waals surface area contributed by atoms with Crippen LogP contribution < -0.4 is 0 Å². The van der Waals surface area contributed by atoms with E-state index in [1.54, 1.807) is 30.3 Å². The molecule has 0 atom stereocenters. The van der Waals surface area contributed by atoms with Crippen LogP contribution in [0.25, 0.3) is 6.08 Å². The van der Waals surface area contributed by atoms with Gasteiger partial charge < -0.3 is 0 Å². The van der Waals surface area contributed by atoms with Gasteiger partial charge in [-0.1, -0.05) is 40.2 Å². The van der Waals surface area contributed by atoms with Gasteiger partial charge in [0, 0.05) is 4.47 Å². The van der Waals surface area contributed by atoms with Gasteiger partial charge in [0.25, 0.3) is 11.8 Å². The summed E-state index contributed by atoms with van der Waals surface area (Å²) >= 11 is 3.36. The number of imide groups is 1. The average molecular weight is 383 g/mol. The van der Waals surface area contributed by atoms with Crippen molar-refractivity contribution < 1.29 is 14.4 Å². The molecule has 6 heteroatoms. The maximum absolute atomic E-state index is 12.2. The van der Waals surface area contributed by atoms with Crippen molar-refractivity contribution in [2.45, 2.75) is 0 Å². The van der Waals surface area contributed by atoms with Gasteiger partial charge in [0.1, 0.15) is 6.61 Å². The number of hydrogen-bond donors (Lipinski definition) is 0. The summed E-state index contributed by atoms with van der Waals surface area (Å²) in [5, 5.41) is 9.94. The molecule has 0 saturated carbocycles. The number of rotatable bonds is 4. The molecule has 5 nitrogen and oxygen atoms in total. The number of nitriles is 1. The van der Waals surface area contributed by atoms with E-state index in [0.717, 1.165) is 10.0 Å². The Morgan fingerprint density at radius 3 is 2.38 bits per heavy atom. The van der Waals surface area contributed by atoms with Crippen LogP contribution in [0.2, 0.25) is 0 Å². The van der Waals surface area contributed by atoms with Crippen LogP contribution >= 0.6 is 15.9 Å². The molecule has 3 rings (SSSR count). The van der Waals surface area contributed by atoms with Crippen LogP contribution in [-0.4, -0.2) is 23.5 Å². The van der Waals surface area contributed by atoms with Crippen molar-refractivity contribution in [2.24, 2.45) is 0 Å². The third-order valence-electron chi connectivity index (χ3n) is 3.44. The summed E-state index contributed by atoms with van der Waals surface area (Å²) in [5.41, 5.74) is 1.71. The summed E-state index contributed by atoms with van der Waals surface area (Å²) in [7, 11) is 0. The van der Waals surface area contributed by atoms with Gasteiger partial charge in [-0.25, -0.2) is 0 Å². The van der Waals surface area contributed by atoms with E-state index >= 15 is 0 Å². The zero-order valence-corrected chi connectivity index (χ0v) is 14.0. The molecule has 0 fully saturated rings. The summed E-state index contributed by atoms with van der Waals surface area (Å²) in [6.45, 7) is -0.172. The first-order valence-electron chi connectivity index (χ1n) is 7.07. The molecule has 0 aromatic heterocycles. The lowest BCUT2D eigenvalue weighted by molar-refractivity contribution is -0.0814. The second-order valence-electron chi connectivity index (χ2n) is 5.06. The van der Waals surface area contributed by atoms with Gasteiger partial charge in [-0.05, 0) is 35.9 Å². The largest absolute Gasteiger partial charge is 0.285 e. The molecule has 0 radical (unpaired) electrons. The molecule has 0 bridgehead atoms. The van der Waals surface area contributed by atoms with Crippen molar-refractivity contribution in [2.75, 3.05) is 6.61 Å². The predicted octanol–water partition coefficient (Wildman–Crippen LogP) is 3.58. The Kier molecular flexibility index (Phi) is 4.56. The first-order chi connectivity index (χ1) is 11.6. The van der Waals surface area contributed by atoms with Gasteiger partial charge in [-0.2, -0.15) is 5.26 Å². The molecule has 0 spiro atoms. The average Bonchev–Trinajstić information content (AvgIpc) is 2.83. The number of carbonyl (C=O) groups is 2. The van der Waals surface area contributed by atoms with Crippen LogP contribution in [0, 0.1) is 11.3 Å². The minimum atomic E-state index is -0.518. The summed E-state index contributed by atoms with van der Waals surface area (Å²) in [6, 6.07) is 15.9. The van der Waals surface area contributed by atoms with E-state index in [9.17, 15) is 14.9 Å². The minimum Gasteiger partial charge on any atom is -0.266 e. The van der Waals surface area contributed by atoms with Crippen molar-refractivity contribution in [3.8, 4) is 6.07 Å². The van der Waals surface area contributed by atoms with Gasteiger partial charge in [0.15, 0.2) is 0 Å². The molecule has 118 valence electrons. The Hall–Kier alpha value is -2.75. The van der Waals surface area contributed by atoms with Crippen molar-refractivity contribution in [1.82, 2.24) is 5.06 Å². The number of nitrogens with zero attached hydrogens (tertiary/aromatic N) is 2. The lowest BCUT2D eigenvalue weighted by atomic mass is 10.1. The molecule has 0 unspecified atom stereocenters. The number of halogens is 1. The van der Waals surface area contributed by atoms with Gasteiger partial charge >= 0.3 is 0 Å². The Bertz CT molecular complexity index is 864. The highest BCUT2D eigenvalue weighted by molar-refractivity contribution is 9.10. The van der Waals surface area contributed by atoms with Crippen LogP contribution in [0.15, 0.2) is 58.6 Å². The van der Waals surface area contributed by atoms with Crippen LogP contribution in [0.5, 0.6) is 0 Å². The molecule has 2 amide bonds.